The number of nitrogens with zero attached hydrogens (tertiary/aromatic N) is 7. The number of benzene rings is 1. The first-order chi connectivity index (χ1) is 24.4. The smallest absolute Gasteiger partial charge is 0.416 e. The largest absolute Gasteiger partial charge is 0.504 e. The highest BCUT2D eigenvalue weighted by atomic mass is 35.5. The molecule has 0 bridgehead atoms. The molecule has 0 radical (unpaired) electrons. The van der Waals surface area contributed by atoms with Crippen LogP contribution < -0.4 is 16.1 Å². The van der Waals surface area contributed by atoms with Crippen LogP contribution in [0.5, 0.6) is 5.75 Å². The van der Waals surface area contributed by atoms with Crippen LogP contribution in [0.25, 0.3) is 0 Å². The van der Waals surface area contributed by atoms with Gasteiger partial charge in [0.2, 0.25) is 0 Å². The number of aromatic hydroxyl groups is 1. The zero-order valence-electron chi connectivity index (χ0n) is 28.5. The predicted molar refractivity (Wildman–Crippen MR) is 183 cm³/mol. The number of carbonyl (C=O) groups excluding carboxylic acids is 3. The topological polar surface area (TPSA) is 168 Å². The highest BCUT2D eigenvalue weighted by Gasteiger charge is 2.34. The number of amides is 2. The van der Waals surface area contributed by atoms with Crippen LogP contribution in [0.1, 0.15) is 41.5 Å². The fourth-order valence-electron chi connectivity index (χ4n) is 5.53. The number of anilines is 1. The van der Waals surface area contributed by atoms with Crippen LogP contribution in [0, 0.1) is 6.92 Å². The first-order valence-corrected chi connectivity index (χ1v) is 16.7. The van der Waals surface area contributed by atoms with Crippen LogP contribution in [0.2, 0.25) is 5.02 Å². The minimum atomic E-state index is -4.34. The van der Waals surface area contributed by atoms with Gasteiger partial charge in [-0.3, -0.25) is 19.5 Å². The number of hydrazine groups is 1. The van der Waals surface area contributed by atoms with E-state index in [-0.39, 0.29) is 28.9 Å². The van der Waals surface area contributed by atoms with Gasteiger partial charge in [0.1, 0.15) is 18.3 Å². The van der Waals surface area contributed by atoms with Gasteiger partial charge in [0.25, 0.3) is 11.8 Å². The molecule has 3 aliphatic heterocycles. The third kappa shape index (κ3) is 10.1. The van der Waals surface area contributed by atoms with E-state index >= 15 is 0 Å². The summed E-state index contributed by atoms with van der Waals surface area (Å²) in [6, 6.07) is 3.18. The van der Waals surface area contributed by atoms with Gasteiger partial charge in [0, 0.05) is 58.6 Å². The van der Waals surface area contributed by atoms with Crippen molar-refractivity contribution in [3.05, 3.63) is 57.9 Å². The molecule has 51 heavy (non-hydrogen) atoms. The highest BCUT2D eigenvalue weighted by Crippen LogP contribution is 2.33. The number of rotatable bonds is 7. The number of carbonyl (C=O) groups is 3. The maximum absolute atomic E-state index is 13.9. The Bertz CT molecular complexity index is 1600. The van der Waals surface area contributed by atoms with E-state index in [1.54, 1.807) is 25.2 Å². The number of hydrogen-bond donors (Lipinski definition) is 4. The SMILES string of the molecule is CC/C1=C(\N2CCN(C(=O)c3ncnc(C)c3O)CC2)C(=O)N(CC=O)NC(N2CCCOCC2)/N=C/N1.CNc1ccc(C(F)(F)F)cc1Cl. The Labute approximate surface area is 298 Å². The molecule has 4 N–H and O–H groups in total. The van der Waals surface area contributed by atoms with Crippen molar-refractivity contribution in [1.82, 2.24) is 40.4 Å². The summed E-state index contributed by atoms with van der Waals surface area (Å²) in [5.41, 5.74) is 4.25. The van der Waals surface area contributed by atoms with E-state index in [9.17, 15) is 32.7 Å². The molecule has 1 aromatic heterocycles. The van der Waals surface area contributed by atoms with Gasteiger partial charge in [-0.05, 0) is 38.0 Å². The second-order valence-corrected chi connectivity index (χ2v) is 12.0. The van der Waals surface area contributed by atoms with E-state index in [4.69, 9.17) is 16.3 Å². The second kappa shape index (κ2) is 18.1. The molecule has 1 atom stereocenters. The van der Waals surface area contributed by atoms with Crippen molar-refractivity contribution in [2.75, 3.05) is 71.4 Å². The van der Waals surface area contributed by atoms with Crippen LogP contribution in [-0.2, 0) is 20.5 Å². The Morgan fingerprint density at radius 1 is 1.16 bits per heavy atom. The Morgan fingerprint density at radius 2 is 1.90 bits per heavy atom. The zero-order valence-corrected chi connectivity index (χ0v) is 29.3. The lowest BCUT2D eigenvalue weighted by Gasteiger charge is -2.39. The van der Waals surface area contributed by atoms with E-state index in [0.717, 1.165) is 25.1 Å². The number of aldehydes is 1. The van der Waals surface area contributed by atoms with Crippen LogP contribution in [0.3, 0.4) is 0 Å². The number of halogens is 4. The quantitative estimate of drug-likeness (QED) is 0.307. The summed E-state index contributed by atoms with van der Waals surface area (Å²) in [6.07, 6.45) is -0.0156. The third-order valence-electron chi connectivity index (χ3n) is 8.33. The molecule has 5 rings (SSSR count). The molecule has 2 saturated heterocycles. The van der Waals surface area contributed by atoms with E-state index in [0.29, 0.717) is 81.4 Å². The van der Waals surface area contributed by atoms with Gasteiger partial charge in [0.05, 0.1) is 41.5 Å². The lowest BCUT2D eigenvalue weighted by molar-refractivity contribution is -0.137. The minimum absolute atomic E-state index is 0.0397. The number of alkyl halides is 3. The Morgan fingerprint density at radius 3 is 2.55 bits per heavy atom. The van der Waals surface area contributed by atoms with Crippen molar-refractivity contribution < 1.29 is 37.4 Å². The monoisotopic (exact) mass is 738 g/mol. The van der Waals surface area contributed by atoms with Gasteiger partial charge in [-0.15, -0.1) is 0 Å². The van der Waals surface area contributed by atoms with E-state index in [1.807, 2.05) is 11.8 Å². The fourth-order valence-corrected chi connectivity index (χ4v) is 5.81. The lowest BCUT2D eigenvalue weighted by atomic mass is 10.1. The zero-order chi connectivity index (χ0) is 37.1. The number of aryl methyl sites for hydroxylation is 1. The van der Waals surface area contributed by atoms with Crippen LogP contribution >= 0.6 is 11.6 Å². The molecule has 3 aliphatic rings. The molecule has 19 heteroatoms. The summed E-state index contributed by atoms with van der Waals surface area (Å²) < 4.78 is 41.9. The molecule has 2 fully saturated rings. The molecule has 0 saturated carbocycles. The van der Waals surface area contributed by atoms with Crippen molar-refractivity contribution >= 4 is 41.7 Å². The van der Waals surface area contributed by atoms with Gasteiger partial charge in [-0.2, -0.15) is 18.6 Å². The first kappa shape index (κ1) is 39.3. The Balaban J connectivity index is 0.000000378. The molecule has 0 spiro atoms. The fraction of sp³-hybridized carbons (Fsp3) is 0.500. The number of piperazine rings is 1. The molecular weight excluding hydrogens is 697 g/mol. The molecule has 4 heterocycles. The molecule has 1 aromatic carbocycles. The first-order valence-electron chi connectivity index (χ1n) is 16.3. The molecular formula is C32H42ClF3N10O5. The Hall–Kier alpha value is -4.52. The van der Waals surface area contributed by atoms with Crippen LogP contribution in [0.4, 0.5) is 18.9 Å². The van der Waals surface area contributed by atoms with Gasteiger partial charge in [0.15, 0.2) is 17.7 Å². The summed E-state index contributed by atoms with van der Waals surface area (Å²) in [7, 11) is 1.59. The number of nitrogens with one attached hydrogen (secondary N) is 3. The van der Waals surface area contributed by atoms with Crippen molar-refractivity contribution in [3.63, 3.8) is 0 Å². The molecule has 2 amide bonds. The van der Waals surface area contributed by atoms with Gasteiger partial charge in [-0.1, -0.05) is 18.5 Å². The summed E-state index contributed by atoms with van der Waals surface area (Å²) in [5, 5.41) is 17.5. The second-order valence-electron chi connectivity index (χ2n) is 11.6. The average molecular weight is 739 g/mol. The number of ether oxygens (including phenoxy) is 1. The van der Waals surface area contributed by atoms with Crippen LogP contribution in [-0.4, -0.2) is 132 Å². The number of aliphatic imine (C=N–C) groups is 1. The number of allylic oxidation sites excluding steroid dienone is 1. The summed E-state index contributed by atoms with van der Waals surface area (Å²) in [6.45, 7) is 7.37. The maximum atomic E-state index is 13.9. The summed E-state index contributed by atoms with van der Waals surface area (Å²) >= 11 is 5.57. The van der Waals surface area contributed by atoms with E-state index in [1.165, 1.54) is 17.4 Å². The van der Waals surface area contributed by atoms with Gasteiger partial charge in [-0.25, -0.2) is 15.0 Å². The van der Waals surface area contributed by atoms with Gasteiger partial charge >= 0.3 is 6.18 Å². The predicted octanol–water partition coefficient (Wildman–Crippen LogP) is 2.44. The maximum Gasteiger partial charge on any atom is 0.416 e. The standard InChI is InChI=1S/C24H35N9O5.C8H7ClF3N/c1-3-18-20(30-6-8-31(9-7-30)22(36)19-21(35)17(2)25-15-27-19)23(37)33(10-12-34)29-24(28-16-26-18)32-5-4-13-38-14-11-32;1-13-7-3-2-5(4-6(7)9)8(10,11)12/h12,15-16,24,29,35H,3-11,13-14H2,1-2H3,(H,26,28);2-4,13H,1H3/b20-18+;. The minimum Gasteiger partial charge on any atom is -0.504 e. The van der Waals surface area contributed by atoms with Gasteiger partial charge < -0.3 is 35.1 Å². The van der Waals surface area contributed by atoms with Crippen LogP contribution in [0.15, 0.2) is 40.9 Å². The molecule has 1 unspecified atom stereocenters. The van der Waals surface area contributed by atoms with E-state index < -0.39 is 23.9 Å². The molecule has 15 nitrogen and oxygen atoms in total. The van der Waals surface area contributed by atoms with E-state index in [2.05, 4.69) is 35.9 Å². The summed E-state index contributed by atoms with van der Waals surface area (Å²) in [4.78, 5) is 56.5. The average Bonchev–Trinajstić information content (AvgIpc) is 3.38. The van der Waals surface area contributed by atoms with Crippen molar-refractivity contribution in [2.24, 2.45) is 4.99 Å². The van der Waals surface area contributed by atoms with Crippen molar-refractivity contribution in [3.8, 4) is 5.75 Å². The molecule has 278 valence electrons. The van der Waals surface area contributed by atoms with Crippen molar-refractivity contribution in [2.45, 2.75) is 39.2 Å². The third-order valence-corrected chi connectivity index (χ3v) is 8.64. The highest BCUT2D eigenvalue weighted by molar-refractivity contribution is 6.33. The Kier molecular flexibility index (Phi) is 13.9. The summed E-state index contributed by atoms with van der Waals surface area (Å²) in [5.74, 6) is -0.976. The number of hydrogen-bond acceptors (Lipinski definition) is 13. The van der Waals surface area contributed by atoms with Crippen molar-refractivity contribution in [1.29, 1.82) is 0 Å². The number of aromatic nitrogens is 2. The normalized spacial score (nSPS) is 21.3. The molecule has 0 aliphatic carbocycles. The molecule has 2 aromatic rings. The lowest BCUT2D eigenvalue weighted by Crippen LogP contribution is -2.57.